The van der Waals surface area contributed by atoms with E-state index >= 15 is 0 Å². The van der Waals surface area contributed by atoms with Crippen LogP contribution >= 0.6 is 0 Å². The van der Waals surface area contributed by atoms with E-state index in [1.54, 1.807) is 18.7 Å². The molecule has 1 aliphatic rings. The van der Waals surface area contributed by atoms with E-state index in [0.717, 1.165) is 60.2 Å². The lowest BCUT2D eigenvalue weighted by atomic mass is 10.0. The highest BCUT2D eigenvalue weighted by Crippen LogP contribution is 2.27. The van der Waals surface area contributed by atoms with Crippen LogP contribution in [0.3, 0.4) is 0 Å². The summed E-state index contributed by atoms with van der Waals surface area (Å²) in [6.07, 6.45) is 9.07. The SMILES string of the molecule is Cc1noc(C)c1-c1cc(CC2CCN(Cc3cnccn3)C2)ncn1. The zero-order valence-electron chi connectivity index (χ0n) is 15.1. The Labute approximate surface area is 152 Å². The summed E-state index contributed by atoms with van der Waals surface area (Å²) >= 11 is 0. The number of nitrogens with zero attached hydrogens (tertiary/aromatic N) is 6. The molecule has 0 spiro atoms. The van der Waals surface area contributed by atoms with E-state index in [-0.39, 0.29) is 0 Å². The van der Waals surface area contributed by atoms with Crippen molar-refractivity contribution in [3.8, 4) is 11.3 Å². The molecule has 1 fully saturated rings. The first-order valence-electron chi connectivity index (χ1n) is 8.90. The minimum absolute atomic E-state index is 0.596. The van der Waals surface area contributed by atoms with E-state index in [2.05, 4.69) is 36.1 Å². The van der Waals surface area contributed by atoms with Crippen molar-refractivity contribution in [1.29, 1.82) is 0 Å². The number of aryl methyl sites for hydroxylation is 2. The molecule has 1 atom stereocenters. The van der Waals surface area contributed by atoms with Crippen LogP contribution in [-0.4, -0.2) is 43.1 Å². The number of hydrogen-bond donors (Lipinski definition) is 0. The van der Waals surface area contributed by atoms with Crippen LogP contribution in [0.25, 0.3) is 11.3 Å². The third kappa shape index (κ3) is 3.62. The van der Waals surface area contributed by atoms with Crippen LogP contribution in [0.1, 0.15) is 29.3 Å². The van der Waals surface area contributed by atoms with Crippen LogP contribution in [0.15, 0.2) is 35.5 Å². The zero-order chi connectivity index (χ0) is 17.9. The van der Waals surface area contributed by atoms with Gasteiger partial charge in [-0.2, -0.15) is 0 Å². The van der Waals surface area contributed by atoms with Gasteiger partial charge in [0, 0.05) is 37.4 Å². The van der Waals surface area contributed by atoms with Crippen molar-refractivity contribution >= 4 is 0 Å². The van der Waals surface area contributed by atoms with Gasteiger partial charge in [-0.05, 0) is 45.2 Å². The molecule has 0 aliphatic carbocycles. The molecule has 4 rings (SSSR count). The van der Waals surface area contributed by atoms with Gasteiger partial charge in [0.25, 0.3) is 0 Å². The first-order valence-corrected chi connectivity index (χ1v) is 8.90. The fourth-order valence-electron chi connectivity index (χ4n) is 3.65. The summed E-state index contributed by atoms with van der Waals surface area (Å²) < 4.78 is 5.27. The monoisotopic (exact) mass is 350 g/mol. The molecule has 26 heavy (non-hydrogen) atoms. The summed E-state index contributed by atoms with van der Waals surface area (Å²) in [6.45, 7) is 6.86. The van der Waals surface area contributed by atoms with Crippen LogP contribution in [0.4, 0.5) is 0 Å². The lowest BCUT2D eigenvalue weighted by molar-refractivity contribution is 0.312. The highest BCUT2D eigenvalue weighted by atomic mass is 16.5. The maximum atomic E-state index is 5.27. The Balaban J connectivity index is 1.41. The lowest BCUT2D eigenvalue weighted by Gasteiger charge is -2.15. The molecule has 1 saturated heterocycles. The summed E-state index contributed by atoms with van der Waals surface area (Å²) in [6, 6.07) is 2.07. The topological polar surface area (TPSA) is 80.8 Å². The molecule has 1 aliphatic heterocycles. The molecule has 3 aromatic rings. The maximum absolute atomic E-state index is 5.27. The van der Waals surface area contributed by atoms with Gasteiger partial charge in [-0.15, -0.1) is 0 Å². The standard InChI is InChI=1S/C19H22N6O/c1-13-19(14(2)26-24-13)18-8-16(22-12-23-18)7-15-3-6-25(10-15)11-17-9-20-4-5-21-17/h4-5,8-9,12,15H,3,6-7,10-11H2,1-2H3. The van der Waals surface area contributed by atoms with Crippen LogP contribution < -0.4 is 0 Å². The molecular formula is C19H22N6O. The van der Waals surface area contributed by atoms with Crippen LogP contribution in [0.5, 0.6) is 0 Å². The Morgan fingerprint density at radius 2 is 2.08 bits per heavy atom. The first-order chi connectivity index (χ1) is 12.7. The van der Waals surface area contributed by atoms with Gasteiger partial charge in [0.05, 0.1) is 22.6 Å². The predicted octanol–water partition coefficient (Wildman–Crippen LogP) is 2.60. The molecule has 0 N–H and O–H groups in total. The summed E-state index contributed by atoms with van der Waals surface area (Å²) in [5, 5.41) is 4.02. The first kappa shape index (κ1) is 16.8. The van der Waals surface area contributed by atoms with Crippen molar-refractivity contribution in [1.82, 2.24) is 30.0 Å². The molecule has 134 valence electrons. The van der Waals surface area contributed by atoms with E-state index in [4.69, 9.17) is 4.52 Å². The van der Waals surface area contributed by atoms with E-state index < -0.39 is 0 Å². The fraction of sp³-hybridized carbons (Fsp3) is 0.421. The second-order valence-electron chi connectivity index (χ2n) is 6.88. The Hall–Kier alpha value is -2.67. The molecule has 7 heteroatoms. The minimum atomic E-state index is 0.596. The van der Waals surface area contributed by atoms with Crippen LogP contribution in [-0.2, 0) is 13.0 Å². The van der Waals surface area contributed by atoms with Gasteiger partial charge in [0.15, 0.2) is 0 Å². The Morgan fingerprint density at radius 1 is 1.15 bits per heavy atom. The molecular weight excluding hydrogens is 328 g/mol. The number of hydrogen-bond acceptors (Lipinski definition) is 7. The van der Waals surface area contributed by atoms with E-state index in [1.165, 1.54) is 6.42 Å². The van der Waals surface area contributed by atoms with Crippen molar-refractivity contribution in [3.63, 3.8) is 0 Å². The molecule has 0 radical (unpaired) electrons. The van der Waals surface area contributed by atoms with E-state index in [1.807, 2.05) is 20.0 Å². The molecule has 3 aromatic heterocycles. The van der Waals surface area contributed by atoms with Crippen molar-refractivity contribution in [2.45, 2.75) is 33.2 Å². The normalized spacial score (nSPS) is 17.7. The lowest BCUT2D eigenvalue weighted by Crippen LogP contribution is -2.21. The smallest absolute Gasteiger partial charge is 0.143 e. The molecule has 7 nitrogen and oxygen atoms in total. The average Bonchev–Trinajstić information content (AvgIpc) is 3.22. The zero-order valence-corrected chi connectivity index (χ0v) is 15.1. The maximum Gasteiger partial charge on any atom is 0.143 e. The summed E-state index contributed by atoms with van der Waals surface area (Å²) in [5.41, 5.74) is 4.82. The summed E-state index contributed by atoms with van der Waals surface area (Å²) in [4.78, 5) is 19.8. The van der Waals surface area contributed by atoms with Crippen molar-refractivity contribution in [2.24, 2.45) is 5.92 Å². The van der Waals surface area contributed by atoms with Gasteiger partial charge in [-0.25, -0.2) is 9.97 Å². The van der Waals surface area contributed by atoms with Crippen LogP contribution in [0, 0.1) is 19.8 Å². The van der Waals surface area contributed by atoms with Gasteiger partial charge in [0.1, 0.15) is 12.1 Å². The number of likely N-dealkylation sites (tertiary alicyclic amines) is 1. The van der Waals surface area contributed by atoms with Gasteiger partial charge >= 0.3 is 0 Å². The second kappa shape index (κ2) is 7.29. The molecule has 1 unspecified atom stereocenters. The predicted molar refractivity (Wildman–Crippen MR) is 96.1 cm³/mol. The highest BCUT2D eigenvalue weighted by Gasteiger charge is 2.24. The number of aromatic nitrogens is 5. The van der Waals surface area contributed by atoms with Gasteiger partial charge in [0.2, 0.25) is 0 Å². The largest absolute Gasteiger partial charge is 0.361 e. The summed E-state index contributed by atoms with van der Waals surface area (Å²) in [7, 11) is 0. The van der Waals surface area contributed by atoms with Crippen molar-refractivity contribution < 1.29 is 4.52 Å². The van der Waals surface area contributed by atoms with Gasteiger partial charge in [-0.1, -0.05) is 5.16 Å². The fourth-order valence-corrected chi connectivity index (χ4v) is 3.65. The quantitative estimate of drug-likeness (QED) is 0.699. The Bertz CT molecular complexity index is 859. The van der Waals surface area contributed by atoms with E-state index in [9.17, 15) is 0 Å². The third-order valence-electron chi connectivity index (χ3n) is 4.88. The third-order valence-corrected chi connectivity index (χ3v) is 4.88. The Kier molecular flexibility index (Phi) is 4.71. The molecule has 0 bridgehead atoms. The van der Waals surface area contributed by atoms with Gasteiger partial charge < -0.3 is 4.52 Å². The molecule has 0 aromatic carbocycles. The second-order valence-corrected chi connectivity index (χ2v) is 6.88. The van der Waals surface area contributed by atoms with Crippen molar-refractivity contribution in [2.75, 3.05) is 13.1 Å². The Morgan fingerprint density at radius 3 is 2.85 bits per heavy atom. The van der Waals surface area contributed by atoms with E-state index in [0.29, 0.717) is 5.92 Å². The molecule has 4 heterocycles. The molecule has 0 saturated carbocycles. The van der Waals surface area contributed by atoms with Crippen LogP contribution in [0.2, 0.25) is 0 Å². The highest BCUT2D eigenvalue weighted by molar-refractivity contribution is 5.63. The minimum Gasteiger partial charge on any atom is -0.361 e. The number of rotatable bonds is 5. The average molecular weight is 350 g/mol. The van der Waals surface area contributed by atoms with Crippen molar-refractivity contribution in [3.05, 3.63) is 53.8 Å². The molecule has 0 amide bonds. The summed E-state index contributed by atoms with van der Waals surface area (Å²) in [5.74, 6) is 1.39. The van der Waals surface area contributed by atoms with Gasteiger partial charge in [-0.3, -0.25) is 14.9 Å².